The third kappa shape index (κ3) is 4.50. The molecule has 0 atom stereocenters. The predicted molar refractivity (Wildman–Crippen MR) is 82.3 cm³/mol. The molecule has 1 aliphatic rings. The Kier molecular flexibility index (Phi) is 5.44. The highest BCUT2D eigenvalue weighted by Gasteiger charge is 2.16. The number of rotatable bonds is 8. The standard InChI is InChI=1S/C17H27NO2/c1-17(2,8-3-10-19)13-18-9-6-14-4-5-16-15(12-14)7-11-20-16/h4-5,12,18-19H,3,6-11,13H2,1-2H3. The number of hydrogen-bond acceptors (Lipinski definition) is 3. The van der Waals surface area contributed by atoms with Crippen LogP contribution in [0.2, 0.25) is 0 Å². The zero-order chi connectivity index (χ0) is 14.4. The summed E-state index contributed by atoms with van der Waals surface area (Å²) in [5, 5.41) is 12.4. The molecule has 2 rings (SSSR count). The van der Waals surface area contributed by atoms with Crippen LogP contribution in [0.15, 0.2) is 18.2 Å². The van der Waals surface area contributed by atoms with E-state index in [9.17, 15) is 0 Å². The number of fused-ring (bicyclic) bond motifs is 1. The molecule has 0 amide bonds. The fraction of sp³-hybridized carbons (Fsp3) is 0.647. The van der Waals surface area contributed by atoms with Crippen molar-refractivity contribution < 1.29 is 9.84 Å². The topological polar surface area (TPSA) is 41.5 Å². The molecule has 3 heteroatoms. The van der Waals surface area contributed by atoms with Crippen LogP contribution >= 0.6 is 0 Å². The van der Waals surface area contributed by atoms with E-state index in [2.05, 4.69) is 37.4 Å². The SMILES string of the molecule is CC(C)(CCCO)CNCCc1ccc2c(c1)CCO2. The van der Waals surface area contributed by atoms with Gasteiger partial charge in [-0.1, -0.05) is 26.0 Å². The largest absolute Gasteiger partial charge is 0.493 e. The average molecular weight is 277 g/mol. The van der Waals surface area contributed by atoms with Crippen LogP contribution < -0.4 is 10.1 Å². The fourth-order valence-corrected chi connectivity index (χ4v) is 2.70. The Morgan fingerprint density at radius 2 is 2.20 bits per heavy atom. The number of hydrogen-bond donors (Lipinski definition) is 2. The number of benzene rings is 1. The second-order valence-corrected chi connectivity index (χ2v) is 6.46. The molecule has 0 fully saturated rings. The molecule has 0 saturated carbocycles. The summed E-state index contributed by atoms with van der Waals surface area (Å²) in [6.45, 7) is 7.63. The molecule has 0 spiro atoms. The molecule has 0 aliphatic carbocycles. The first-order valence-electron chi connectivity index (χ1n) is 7.67. The molecule has 1 heterocycles. The Bertz CT molecular complexity index is 429. The third-order valence-corrected chi connectivity index (χ3v) is 3.96. The van der Waals surface area contributed by atoms with Gasteiger partial charge < -0.3 is 15.2 Å². The summed E-state index contributed by atoms with van der Waals surface area (Å²) < 4.78 is 5.53. The number of nitrogens with one attached hydrogen (secondary N) is 1. The molecule has 1 aromatic carbocycles. The van der Waals surface area contributed by atoms with E-state index >= 15 is 0 Å². The quantitative estimate of drug-likeness (QED) is 0.718. The second-order valence-electron chi connectivity index (χ2n) is 6.46. The molecule has 20 heavy (non-hydrogen) atoms. The molecule has 0 radical (unpaired) electrons. The molecule has 0 bridgehead atoms. The highest BCUT2D eigenvalue weighted by atomic mass is 16.5. The molecule has 3 nitrogen and oxygen atoms in total. The van der Waals surface area contributed by atoms with Crippen molar-refractivity contribution in [2.45, 2.75) is 39.5 Å². The lowest BCUT2D eigenvalue weighted by Crippen LogP contribution is -2.31. The van der Waals surface area contributed by atoms with Crippen molar-refractivity contribution in [3.63, 3.8) is 0 Å². The van der Waals surface area contributed by atoms with Gasteiger partial charge >= 0.3 is 0 Å². The summed E-state index contributed by atoms with van der Waals surface area (Å²) in [6.07, 6.45) is 4.06. The Morgan fingerprint density at radius 3 is 3.00 bits per heavy atom. The molecular formula is C17H27NO2. The Balaban J connectivity index is 1.71. The summed E-state index contributed by atoms with van der Waals surface area (Å²) in [6, 6.07) is 6.55. The van der Waals surface area contributed by atoms with Crippen LogP contribution in [0.3, 0.4) is 0 Å². The van der Waals surface area contributed by atoms with E-state index in [1.54, 1.807) is 0 Å². The maximum Gasteiger partial charge on any atom is 0.122 e. The van der Waals surface area contributed by atoms with E-state index in [0.717, 1.165) is 51.1 Å². The summed E-state index contributed by atoms with van der Waals surface area (Å²) in [7, 11) is 0. The molecule has 2 N–H and O–H groups in total. The van der Waals surface area contributed by atoms with Crippen LogP contribution in [0, 0.1) is 5.41 Å². The Morgan fingerprint density at radius 1 is 1.35 bits per heavy atom. The van der Waals surface area contributed by atoms with Gasteiger partial charge in [-0.3, -0.25) is 0 Å². The van der Waals surface area contributed by atoms with E-state index in [4.69, 9.17) is 9.84 Å². The van der Waals surface area contributed by atoms with Gasteiger partial charge in [0.25, 0.3) is 0 Å². The molecule has 0 unspecified atom stereocenters. The minimum absolute atomic E-state index is 0.258. The normalized spacial score (nSPS) is 14.2. The van der Waals surface area contributed by atoms with Crippen LogP contribution in [0.4, 0.5) is 0 Å². The van der Waals surface area contributed by atoms with Crippen molar-refractivity contribution in [3.05, 3.63) is 29.3 Å². The average Bonchev–Trinajstić information content (AvgIpc) is 2.89. The van der Waals surface area contributed by atoms with Gasteiger partial charge in [0.15, 0.2) is 0 Å². The number of aliphatic hydroxyl groups is 1. The monoisotopic (exact) mass is 277 g/mol. The molecule has 0 aromatic heterocycles. The van der Waals surface area contributed by atoms with Crippen molar-refractivity contribution in [2.75, 3.05) is 26.3 Å². The van der Waals surface area contributed by atoms with Crippen molar-refractivity contribution in [1.29, 1.82) is 0 Å². The zero-order valence-electron chi connectivity index (χ0n) is 12.7. The molecule has 112 valence electrons. The lowest BCUT2D eigenvalue weighted by molar-refractivity contribution is 0.237. The van der Waals surface area contributed by atoms with Gasteiger partial charge in [0.2, 0.25) is 0 Å². The summed E-state index contributed by atoms with van der Waals surface area (Å²) in [5.41, 5.74) is 3.00. The van der Waals surface area contributed by atoms with E-state index in [1.165, 1.54) is 11.1 Å². The lowest BCUT2D eigenvalue weighted by Gasteiger charge is -2.24. The summed E-state index contributed by atoms with van der Waals surface area (Å²) >= 11 is 0. The highest BCUT2D eigenvalue weighted by Crippen LogP contribution is 2.26. The number of aliphatic hydroxyl groups excluding tert-OH is 1. The van der Waals surface area contributed by atoms with Crippen LogP contribution in [0.5, 0.6) is 5.75 Å². The minimum atomic E-state index is 0.258. The molecule has 0 saturated heterocycles. The molecular weight excluding hydrogens is 250 g/mol. The van der Waals surface area contributed by atoms with Crippen molar-refractivity contribution in [1.82, 2.24) is 5.32 Å². The van der Waals surface area contributed by atoms with Crippen molar-refractivity contribution in [3.8, 4) is 5.75 Å². The predicted octanol–water partition coefficient (Wildman–Crippen LogP) is 2.55. The lowest BCUT2D eigenvalue weighted by atomic mass is 9.88. The summed E-state index contributed by atoms with van der Waals surface area (Å²) in [5.74, 6) is 1.06. The Labute approximate surface area is 122 Å². The van der Waals surface area contributed by atoms with Crippen molar-refractivity contribution in [2.24, 2.45) is 5.41 Å². The van der Waals surface area contributed by atoms with E-state index < -0.39 is 0 Å². The minimum Gasteiger partial charge on any atom is -0.493 e. The van der Waals surface area contributed by atoms with E-state index in [1.807, 2.05) is 0 Å². The van der Waals surface area contributed by atoms with Crippen LogP contribution in [0.1, 0.15) is 37.8 Å². The van der Waals surface area contributed by atoms with Gasteiger partial charge in [-0.15, -0.1) is 0 Å². The van der Waals surface area contributed by atoms with Gasteiger partial charge in [0.1, 0.15) is 5.75 Å². The van der Waals surface area contributed by atoms with Gasteiger partial charge in [-0.05, 0) is 48.4 Å². The zero-order valence-corrected chi connectivity index (χ0v) is 12.7. The maximum atomic E-state index is 8.90. The Hall–Kier alpha value is -1.06. The van der Waals surface area contributed by atoms with Crippen LogP contribution in [-0.2, 0) is 12.8 Å². The smallest absolute Gasteiger partial charge is 0.122 e. The van der Waals surface area contributed by atoms with Gasteiger partial charge in [0.05, 0.1) is 6.61 Å². The van der Waals surface area contributed by atoms with Crippen LogP contribution in [0.25, 0.3) is 0 Å². The van der Waals surface area contributed by atoms with E-state index in [-0.39, 0.29) is 5.41 Å². The first kappa shape index (κ1) is 15.3. The third-order valence-electron chi connectivity index (χ3n) is 3.96. The number of ether oxygens (including phenoxy) is 1. The van der Waals surface area contributed by atoms with Gasteiger partial charge in [-0.25, -0.2) is 0 Å². The fourth-order valence-electron chi connectivity index (χ4n) is 2.70. The highest BCUT2D eigenvalue weighted by molar-refractivity contribution is 5.39. The van der Waals surface area contributed by atoms with Gasteiger partial charge in [0, 0.05) is 19.6 Å². The van der Waals surface area contributed by atoms with Crippen LogP contribution in [-0.4, -0.2) is 31.4 Å². The van der Waals surface area contributed by atoms with E-state index in [0.29, 0.717) is 6.61 Å². The molecule has 1 aromatic rings. The summed E-state index contributed by atoms with van der Waals surface area (Å²) in [4.78, 5) is 0. The first-order valence-corrected chi connectivity index (χ1v) is 7.67. The molecule has 1 aliphatic heterocycles. The maximum absolute atomic E-state index is 8.90. The van der Waals surface area contributed by atoms with Gasteiger partial charge in [-0.2, -0.15) is 0 Å². The van der Waals surface area contributed by atoms with Crippen molar-refractivity contribution >= 4 is 0 Å². The second kappa shape index (κ2) is 7.09. The first-order chi connectivity index (χ1) is 9.61.